The zero-order valence-electron chi connectivity index (χ0n) is 9.24. The van der Waals surface area contributed by atoms with E-state index in [-0.39, 0.29) is 4.90 Å². The summed E-state index contributed by atoms with van der Waals surface area (Å²) in [5.74, 6) is 0. The molecule has 16 heavy (non-hydrogen) atoms. The van der Waals surface area contributed by atoms with E-state index in [0.29, 0.717) is 11.6 Å². The summed E-state index contributed by atoms with van der Waals surface area (Å²) in [5, 5.41) is 0.427. The van der Waals surface area contributed by atoms with Crippen molar-refractivity contribution in [2.75, 3.05) is 6.54 Å². The maximum atomic E-state index is 11.8. The molecule has 0 aromatic heterocycles. The third-order valence-corrected chi connectivity index (χ3v) is 3.87. The molecule has 1 rings (SSSR count). The van der Waals surface area contributed by atoms with Crippen molar-refractivity contribution in [2.45, 2.75) is 31.1 Å². The first kappa shape index (κ1) is 13.5. The van der Waals surface area contributed by atoms with Crippen LogP contribution in [-0.4, -0.2) is 15.0 Å². The van der Waals surface area contributed by atoms with Crippen molar-refractivity contribution in [1.82, 2.24) is 4.72 Å². The fraction of sp³-hybridized carbons (Fsp3) is 0.455. The van der Waals surface area contributed by atoms with E-state index in [9.17, 15) is 8.42 Å². The first-order valence-electron chi connectivity index (χ1n) is 5.31. The molecule has 5 heteroatoms. The second-order valence-corrected chi connectivity index (χ2v) is 5.77. The second kappa shape index (κ2) is 6.23. The highest BCUT2D eigenvalue weighted by Gasteiger charge is 2.12. The van der Waals surface area contributed by atoms with Gasteiger partial charge in [-0.15, -0.1) is 0 Å². The Bertz CT molecular complexity index is 431. The molecule has 0 saturated heterocycles. The number of rotatable bonds is 6. The molecule has 3 nitrogen and oxygen atoms in total. The van der Waals surface area contributed by atoms with Gasteiger partial charge in [0, 0.05) is 11.6 Å². The topological polar surface area (TPSA) is 46.2 Å². The van der Waals surface area contributed by atoms with Gasteiger partial charge in [-0.05, 0) is 24.6 Å². The molecule has 0 amide bonds. The van der Waals surface area contributed by atoms with Crippen molar-refractivity contribution in [2.24, 2.45) is 0 Å². The number of halogens is 1. The molecular formula is C11H16ClNO2S. The van der Waals surface area contributed by atoms with Gasteiger partial charge >= 0.3 is 0 Å². The molecule has 0 heterocycles. The second-order valence-electron chi connectivity index (χ2n) is 3.56. The SMILES string of the molecule is CCCCCNS(=O)(=O)c1cccc(Cl)c1. The van der Waals surface area contributed by atoms with E-state index in [0.717, 1.165) is 19.3 Å². The van der Waals surface area contributed by atoms with Gasteiger partial charge in [0.15, 0.2) is 0 Å². The Kier molecular flexibility index (Phi) is 5.25. The van der Waals surface area contributed by atoms with E-state index < -0.39 is 10.0 Å². The van der Waals surface area contributed by atoms with E-state index >= 15 is 0 Å². The van der Waals surface area contributed by atoms with Crippen molar-refractivity contribution in [3.63, 3.8) is 0 Å². The van der Waals surface area contributed by atoms with Crippen LogP contribution in [-0.2, 0) is 10.0 Å². The Morgan fingerprint density at radius 2 is 2.06 bits per heavy atom. The van der Waals surface area contributed by atoms with Crippen LogP contribution >= 0.6 is 11.6 Å². The molecule has 0 spiro atoms. The van der Waals surface area contributed by atoms with E-state index in [1.54, 1.807) is 12.1 Å². The van der Waals surface area contributed by atoms with Gasteiger partial charge in [-0.2, -0.15) is 0 Å². The average molecular weight is 262 g/mol. The summed E-state index contributed by atoms with van der Waals surface area (Å²) in [4.78, 5) is 0.219. The predicted octanol–water partition coefficient (Wildman–Crippen LogP) is 2.81. The van der Waals surface area contributed by atoms with E-state index in [1.807, 2.05) is 0 Å². The number of hydrogen-bond donors (Lipinski definition) is 1. The van der Waals surface area contributed by atoms with Crippen LogP contribution in [0.3, 0.4) is 0 Å². The van der Waals surface area contributed by atoms with E-state index in [2.05, 4.69) is 11.6 Å². The highest BCUT2D eigenvalue weighted by molar-refractivity contribution is 7.89. The van der Waals surface area contributed by atoms with Crippen LogP contribution in [0.25, 0.3) is 0 Å². The van der Waals surface area contributed by atoms with Crippen LogP contribution in [0.1, 0.15) is 26.2 Å². The fourth-order valence-electron chi connectivity index (χ4n) is 1.30. The lowest BCUT2D eigenvalue weighted by molar-refractivity contribution is 0.576. The van der Waals surface area contributed by atoms with Crippen LogP contribution in [0.15, 0.2) is 29.2 Å². The highest BCUT2D eigenvalue weighted by Crippen LogP contribution is 2.15. The minimum absolute atomic E-state index is 0.219. The largest absolute Gasteiger partial charge is 0.240 e. The molecule has 1 aromatic rings. The van der Waals surface area contributed by atoms with Gasteiger partial charge in [0.2, 0.25) is 10.0 Å². The molecule has 0 saturated carbocycles. The first-order chi connectivity index (χ1) is 7.56. The van der Waals surface area contributed by atoms with Crippen molar-refractivity contribution in [3.05, 3.63) is 29.3 Å². The molecule has 0 aliphatic heterocycles. The summed E-state index contributed by atoms with van der Waals surface area (Å²) >= 11 is 5.74. The van der Waals surface area contributed by atoms with Crippen molar-refractivity contribution >= 4 is 21.6 Å². The van der Waals surface area contributed by atoms with Crippen LogP contribution in [0.5, 0.6) is 0 Å². The molecule has 0 unspecified atom stereocenters. The number of sulfonamides is 1. The number of hydrogen-bond acceptors (Lipinski definition) is 2. The fourth-order valence-corrected chi connectivity index (χ4v) is 2.67. The van der Waals surface area contributed by atoms with Crippen LogP contribution in [0.4, 0.5) is 0 Å². The lowest BCUT2D eigenvalue weighted by Crippen LogP contribution is -2.24. The Morgan fingerprint density at radius 1 is 1.31 bits per heavy atom. The maximum absolute atomic E-state index is 11.8. The predicted molar refractivity (Wildman–Crippen MR) is 66.2 cm³/mol. The summed E-state index contributed by atoms with van der Waals surface area (Å²) in [6, 6.07) is 6.26. The summed E-state index contributed by atoms with van der Waals surface area (Å²) in [6.07, 6.45) is 2.95. The molecule has 1 aromatic carbocycles. The van der Waals surface area contributed by atoms with Gasteiger partial charge in [-0.25, -0.2) is 13.1 Å². The van der Waals surface area contributed by atoms with Gasteiger partial charge in [0.1, 0.15) is 0 Å². The van der Waals surface area contributed by atoms with Gasteiger partial charge in [-0.1, -0.05) is 37.4 Å². The number of nitrogens with one attached hydrogen (secondary N) is 1. The zero-order valence-corrected chi connectivity index (χ0v) is 10.8. The van der Waals surface area contributed by atoms with Gasteiger partial charge in [-0.3, -0.25) is 0 Å². The Hall–Kier alpha value is -0.580. The Balaban J connectivity index is 2.64. The lowest BCUT2D eigenvalue weighted by atomic mass is 10.3. The molecule has 90 valence electrons. The first-order valence-corrected chi connectivity index (χ1v) is 7.17. The third-order valence-electron chi connectivity index (χ3n) is 2.18. The molecular weight excluding hydrogens is 246 g/mol. The monoisotopic (exact) mass is 261 g/mol. The van der Waals surface area contributed by atoms with E-state index in [4.69, 9.17) is 11.6 Å². The maximum Gasteiger partial charge on any atom is 0.240 e. The van der Waals surface area contributed by atoms with Crippen molar-refractivity contribution in [1.29, 1.82) is 0 Å². The van der Waals surface area contributed by atoms with Crippen molar-refractivity contribution < 1.29 is 8.42 Å². The van der Waals surface area contributed by atoms with Gasteiger partial charge < -0.3 is 0 Å². The molecule has 0 aliphatic rings. The lowest BCUT2D eigenvalue weighted by Gasteiger charge is -2.06. The van der Waals surface area contributed by atoms with Gasteiger partial charge in [0.05, 0.1) is 4.90 Å². The van der Waals surface area contributed by atoms with Crippen molar-refractivity contribution in [3.8, 4) is 0 Å². The van der Waals surface area contributed by atoms with Crippen LogP contribution in [0.2, 0.25) is 5.02 Å². The Labute approximate surface area is 102 Å². The third kappa shape index (κ3) is 4.12. The smallest absolute Gasteiger partial charge is 0.211 e. The zero-order chi connectivity index (χ0) is 12.0. The summed E-state index contributed by atoms with van der Waals surface area (Å²) in [5.41, 5.74) is 0. The highest BCUT2D eigenvalue weighted by atomic mass is 35.5. The summed E-state index contributed by atoms with van der Waals surface area (Å²) < 4.78 is 26.1. The summed E-state index contributed by atoms with van der Waals surface area (Å²) in [7, 11) is -3.40. The van der Waals surface area contributed by atoms with Crippen LogP contribution < -0.4 is 4.72 Å². The summed E-state index contributed by atoms with van der Waals surface area (Å²) in [6.45, 7) is 2.55. The quantitative estimate of drug-likeness (QED) is 0.801. The average Bonchev–Trinajstić information content (AvgIpc) is 2.24. The normalized spacial score (nSPS) is 11.6. The van der Waals surface area contributed by atoms with Crippen LogP contribution in [0, 0.1) is 0 Å². The number of unbranched alkanes of at least 4 members (excludes halogenated alkanes) is 2. The minimum atomic E-state index is -3.40. The number of benzene rings is 1. The molecule has 0 fully saturated rings. The molecule has 1 N–H and O–H groups in total. The minimum Gasteiger partial charge on any atom is -0.211 e. The molecule has 0 radical (unpaired) electrons. The standard InChI is InChI=1S/C11H16ClNO2S/c1-2-3-4-8-13-16(14,15)11-7-5-6-10(12)9-11/h5-7,9,13H,2-4,8H2,1H3. The van der Waals surface area contributed by atoms with E-state index in [1.165, 1.54) is 12.1 Å². The molecule has 0 aliphatic carbocycles. The van der Waals surface area contributed by atoms with Gasteiger partial charge in [0.25, 0.3) is 0 Å². The molecule has 0 atom stereocenters. The molecule has 0 bridgehead atoms. The Morgan fingerprint density at radius 3 is 2.69 bits per heavy atom.